The molecule has 0 spiro atoms. The van der Waals surface area contributed by atoms with Crippen molar-refractivity contribution in [1.82, 2.24) is 15.3 Å². The molecule has 0 aliphatic carbocycles. The molecule has 0 bridgehead atoms. The van der Waals surface area contributed by atoms with Crippen molar-refractivity contribution in [3.63, 3.8) is 0 Å². The number of nitrogens with two attached hydrogens (primary N) is 1. The van der Waals surface area contributed by atoms with Crippen LogP contribution in [0.15, 0.2) is 34.3 Å². The van der Waals surface area contributed by atoms with E-state index in [4.69, 9.17) is 26.8 Å². The van der Waals surface area contributed by atoms with E-state index in [1.807, 2.05) is 20.8 Å². The lowest BCUT2D eigenvalue weighted by molar-refractivity contribution is 0.0494. The number of esters is 1. The van der Waals surface area contributed by atoms with Gasteiger partial charge in [0.15, 0.2) is 5.82 Å². The lowest BCUT2D eigenvalue weighted by Gasteiger charge is -2.40. The number of benzene rings is 1. The summed E-state index contributed by atoms with van der Waals surface area (Å²) in [6, 6.07) is 5.11. The number of nitrogens with zero attached hydrogens (tertiary/aromatic N) is 3. The minimum Gasteiger partial charge on any atom is -0.465 e. The van der Waals surface area contributed by atoms with E-state index >= 15 is 0 Å². The second-order valence-electron chi connectivity index (χ2n) is 9.78. The Bertz CT molecular complexity index is 1080. The zero-order valence-corrected chi connectivity index (χ0v) is 22.3. The van der Waals surface area contributed by atoms with E-state index in [0.717, 1.165) is 25.9 Å². The topological polar surface area (TPSA) is 120 Å². The molecule has 1 amide bonds. The molecule has 0 radical (unpaired) electrons. The number of amides is 1. The van der Waals surface area contributed by atoms with Crippen LogP contribution in [0.3, 0.4) is 0 Å². The van der Waals surface area contributed by atoms with E-state index in [0.29, 0.717) is 22.3 Å². The molecule has 3 N–H and O–H groups in total. The lowest BCUT2D eigenvalue weighted by atomic mass is 9.80. The van der Waals surface area contributed by atoms with Crippen molar-refractivity contribution in [2.45, 2.75) is 56.1 Å². The monoisotopic (exact) mass is 521 g/mol. The van der Waals surface area contributed by atoms with Gasteiger partial charge >= 0.3 is 12.1 Å². The van der Waals surface area contributed by atoms with Gasteiger partial charge in [-0.1, -0.05) is 36.4 Å². The zero-order valence-electron chi connectivity index (χ0n) is 20.7. The van der Waals surface area contributed by atoms with Gasteiger partial charge in [-0.3, -0.25) is 0 Å². The number of carbonyl (C=O) groups excluding carboxylic acids is 2. The molecule has 0 unspecified atom stereocenters. The molecule has 2 aromatic rings. The molecule has 0 atom stereocenters. The van der Waals surface area contributed by atoms with Crippen molar-refractivity contribution < 1.29 is 19.1 Å². The van der Waals surface area contributed by atoms with Gasteiger partial charge in [-0.25, -0.2) is 19.6 Å². The number of alkyl carbamates (subject to hydrolysis) is 1. The minimum atomic E-state index is -0.521. The Morgan fingerprint density at radius 3 is 2.57 bits per heavy atom. The number of anilines is 2. The van der Waals surface area contributed by atoms with Crippen molar-refractivity contribution in [2.24, 2.45) is 5.41 Å². The van der Waals surface area contributed by atoms with Crippen molar-refractivity contribution in [1.29, 1.82) is 0 Å². The van der Waals surface area contributed by atoms with Crippen LogP contribution in [0.2, 0.25) is 5.02 Å². The second-order valence-corrected chi connectivity index (χ2v) is 11.2. The first kappa shape index (κ1) is 26.9. The van der Waals surface area contributed by atoms with Gasteiger partial charge in [0.05, 0.1) is 23.9 Å². The van der Waals surface area contributed by atoms with Crippen LogP contribution in [0, 0.1) is 5.41 Å². The van der Waals surface area contributed by atoms with Crippen LogP contribution in [-0.4, -0.2) is 54.4 Å². The maximum atomic E-state index is 12.0. The minimum absolute atomic E-state index is 0.0381. The molecule has 1 aromatic carbocycles. The number of hydrogen-bond donors (Lipinski definition) is 2. The SMILES string of the molecule is COC(=O)c1cccc(Sc2ncc(N3CCC(C)(CNC(=O)OC(C)(C)C)CC3)nc2N)c1Cl. The van der Waals surface area contributed by atoms with Crippen LogP contribution in [0.1, 0.15) is 50.9 Å². The maximum Gasteiger partial charge on any atom is 0.407 e. The summed E-state index contributed by atoms with van der Waals surface area (Å²) in [4.78, 5) is 35.7. The predicted molar refractivity (Wildman–Crippen MR) is 137 cm³/mol. The van der Waals surface area contributed by atoms with Crippen molar-refractivity contribution in [3.8, 4) is 0 Å². The maximum absolute atomic E-state index is 12.0. The molecular formula is C24H32ClN5O4S. The fourth-order valence-electron chi connectivity index (χ4n) is 3.63. The standard InChI is InChI=1S/C24H32ClN5O4S/c1-23(2,3)34-22(32)28-14-24(4)9-11-30(12-10-24)17-13-27-20(19(26)29-17)35-16-8-6-7-15(18(16)25)21(31)33-5/h6-8,13H,9-12,14H2,1-5H3,(H2,26,29)(H,28,32). The largest absolute Gasteiger partial charge is 0.465 e. The smallest absolute Gasteiger partial charge is 0.407 e. The summed E-state index contributed by atoms with van der Waals surface area (Å²) >= 11 is 7.63. The Morgan fingerprint density at radius 1 is 1.29 bits per heavy atom. The number of carbonyl (C=O) groups is 2. The zero-order chi connectivity index (χ0) is 25.8. The van der Waals surface area contributed by atoms with Gasteiger partial charge in [-0.05, 0) is 51.2 Å². The van der Waals surface area contributed by atoms with E-state index in [2.05, 4.69) is 27.1 Å². The molecule has 11 heteroatoms. The Labute approximate surface area is 215 Å². The Balaban J connectivity index is 1.61. The summed E-state index contributed by atoms with van der Waals surface area (Å²) in [5.74, 6) is 0.473. The van der Waals surface area contributed by atoms with Gasteiger partial charge in [-0.2, -0.15) is 0 Å². The fraction of sp³-hybridized carbons (Fsp3) is 0.500. The van der Waals surface area contributed by atoms with E-state index in [9.17, 15) is 9.59 Å². The molecular weight excluding hydrogens is 490 g/mol. The molecule has 1 aliphatic rings. The number of ether oxygens (including phenoxy) is 2. The van der Waals surface area contributed by atoms with Crippen LogP contribution < -0.4 is 16.0 Å². The molecule has 9 nitrogen and oxygen atoms in total. The molecule has 3 rings (SSSR count). The first-order valence-corrected chi connectivity index (χ1v) is 12.5. The summed E-state index contributed by atoms with van der Waals surface area (Å²) in [6.45, 7) is 9.77. The third-order valence-corrected chi connectivity index (χ3v) is 7.27. The summed E-state index contributed by atoms with van der Waals surface area (Å²) in [5.41, 5.74) is 5.94. The molecule has 1 aliphatic heterocycles. The predicted octanol–water partition coefficient (Wildman–Crippen LogP) is 4.78. The number of nitrogens with one attached hydrogen (secondary N) is 1. The third-order valence-electron chi connectivity index (χ3n) is 5.68. The lowest BCUT2D eigenvalue weighted by Crippen LogP contribution is -2.46. The number of rotatable bonds is 6. The van der Waals surface area contributed by atoms with Crippen LogP contribution in [0.5, 0.6) is 0 Å². The average molecular weight is 522 g/mol. The third kappa shape index (κ3) is 7.14. The molecule has 1 fully saturated rings. The normalized spacial score (nSPS) is 15.4. The number of hydrogen-bond acceptors (Lipinski definition) is 9. The van der Waals surface area contributed by atoms with Gasteiger partial charge in [0, 0.05) is 24.5 Å². The number of nitrogen functional groups attached to an aromatic ring is 1. The second kappa shape index (κ2) is 10.9. The first-order chi connectivity index (χ1) is 16.4. The molecule has 35 heavy (non-hydrogen) atoms. The number of piperidine rings is 1. The highest BCUT2D eigenvalue weighted by Gasteiger charge is 2.32. The molecule has 1 aromatic heterocycles. The number of halogens is 1. The quantitative estimate of drug-likeness (QED) is 0.517. The molecule has 0 saturated carbocycles. The highest BCUT2D eigenvalue weighted by atomic mass is 35.5. The summed E-state index contributed by atoms with van der Waals surface area (Å²) < 4.78 is 10.1. The Morgan fingerprint density at radius 2 is 1.97 bits per heavy atom. The van der Waals surface area contributed by atoms with Crippen molar-refractivity contribution in [2.75, 3.05) is 37.4 Å². The average Bonchev–Trinajstić information content (AvgIpc) is 2.79. The van der Waals surface area contributed by atoms with Gasteiger partial charge < -0.3 is 25.4 Å². The van der Waals surface area contributed by atoms with E-state index in [1.54, 1.807) is 24.4 Å². The van der Waals surface area contributed by atoms with Crippen molar-refractivity contribution in [3.05, 3.63) is 35.0 Å². The molecule has 1 saturated heterocycles. The number of methoxy groups -OCH3 is 1. The van der Waals surface area contributed by atoms with Crippen molar-refractivity contribution >= 4 is 47.1 Å². The van der Waals surface area contributed by atoms with Gasteiger partial charge in [0.2, 0.25) is 0 Å². The van der Waals surface area contributed by atoms with Crippen LogP contribution in [-0.2, 0) is 9.47 Å². The van der Waals surface area contributed by atoms with Crippen LogP contribution in [0.25, 0.3) is 0 Å². The Kier molecular flexibility index (Phi) is 8.38. The van der Waals surface area contributed by atoms with E-state index < -0.39 is 17.7 Å². The number of aromatic nitrogens is 2. The summed E-state index contributed by atoms with van der Waals surface area (Å²) in [6.07, 6.45) is 3.04. The van der Waals surface area contributed by atoms with E-state index in [1.165, 1.54) is 18.9 Å². The highest BCUT2D eigenvalue weighted by Crippen LogP contribution is 2.37. The van der Waals surface area contributed by atoms with Gasteiger partial charge in [0.1, 0.15) is 16.4 Å². The van der Waals surface area contributed by atoms with Gasteiger partial charge in [0.25, 0.3) is 0 Å². The van der Waals surface area contributed by atoms with E-state index in [-0.39, 0.29) is 21.8 Å². The fourth-order valence-corrected chi connectivity index (χ4v) is 4.76. The molecule has 2 heterocycles. The first-order valence-electron chi connectivity index (χ1n) is 11.3. The van der Waals surface area contributed by atoms with Crippen LogP contribution in [0.4, 0.5) is 16.4 Å². The Hall–Kier alpha value is -2.72. The summed E-state index contributed by atoms with van der Waals surface area (Å²) in [5, 5.41) is 3.68. The summed E-state index contributed by atoms with van der Waals surface area (Å²) in [7, 11) is 1.31. The van der Waals surface area contributed by atoms with Crippen LogP contribution >= 0.6 is 23.4 Å². The van der Waals surface area contributed by atoms with Gasteiger partial charge in [-0.15, -0.1) is 0 Å². The molecule has 190 valence electrons. The highest BCUT2D eigenvalue weighted by molar-refractivity contribution is 7.99.